The van der Waals surface area contributed by atoms with Crippen molar-refractivity contribution in [1.29, 1.82) is 0 Å². The number of rotatable bonds is 9. The summed E-state index contributed by atoms with van der Waals surface area (Å²) in [4.78, 5) is 11.9. The van der Waals surface area contributed by atoms with Gasteiger partial charge in [-0.25, -0.2) is 4.79 Å². The van der Waals surface area contributed by atoms with E-state index < -0.39 is 5.60 Å². The molecule has 0 bridgehead atoms. The largest absolute Gasteiger partial charge is 0.491 e. The predicted molar refractivity (Wildman–Crippen MR) is 133 cm³/mol. The minimum absolute atomic E-state index is 0.0627. The molecule has 0 radical (unpaired) electrons. The molecule has 33 heavy (non-hydrogen) atoms. The Hall–Kier alpha value is -1.07. The number of hydrogen-bond acceptors (Lipinski definition) is 5. The Morgan fingerprint density at radius 2 is 1.06 bits per heavy atom. The van der Waals surface area contributed by atoms with E-state index in [1.807, 2.05) is 41.5 Å². The lowest BCUT2D eigenvalue weighted by Gasteiger charge is -2.46. The Balaban J connectivity index is 1.70. The summed E-state index contributed by atoms with van der Waals surface area (Å²) < 4.78 is 23.1. The summed E-state index contributed by atoms with van der Waals surface area (Å²) in [7, 11) is 0. The van der Waals surface area contributed by atoms with Crippen LogP contribution < -0.4 is 0 Å². The average Bonchev–Trinajstić information content (AvgIpc) is 2.69. The monoisotopic (exact) mass is 466 g/mol. The van der Waals surface area contributed by atoms with Gasteiger partial charge >= 0.3 is 5.97 Å². The molecule has 0 saturated heterocycles. The molecule has 2 aliphatic rings. The van der Waals surface area contributed by atoms with Crippen LogP contribution in [-0.4, -0.2) is 42.6 Å². The van der Waals surface area contributed by atoms with Crippen LogP contribution >= 0.6 is 0 Å². The van der Waals surface area contributed by atoms with E-state index >= 15 is 0 Å². The van der Waals surface area contributed by atoms with Crippen molar-refractivity contribution in [3.05, 3.63) is 12.3 Å². The smallest absolute Gasteiger partial charge is 0.332 e. The second-order valence-electron chi connectivity index (χ2n) is 12.7. The Morgan fingerprint density at radius 1 is 0.667 bits per heavy atom. The first-order valence-corrected chi connectivity index (χ1v) is 13.0. The number of ether oxygens (including phenoxy) is 4. The van der Waals surface area contributed by atoms with Gasteiger partial charge in [-0.15, -0.1) is 0 Å². The standard InChI is InChI=1S/C28H50O5/c1-20(32-26(2,3)4)18-30-23-14-10-21(11-15-23)28(8,9)22-12-16-24(17-13-22)31-19-25(29)33-27(5,6)7/h21-24H,1,10-19H2,2-9H3. The molecule has 0 aromatic heterocycles. The molecule has 0 spiro atoms. The second-order valence-corrected chi connectivity index (χ2v) is 12.7. The second kappa shape index (κ2) is 11.6. The molecule has 0 N–H and O–H groups in total. The van der Waals surface area contributed by atoms with Crippen molar-refractivity contribution in [3.8, 4) is 0 Å². The fraction of sp³-hybridized carbons (Fsp3) is 0.893. The van der Waals surface area contributed by atoms with Gasteiger partial charge in [0, 0.05) is 0 Å². The highest BCUT2D eigenvalue weighted by molar-refractivity contribution is 5.71. The Bertz CT molecular complexity index is 570. The zero-order valence-electron chi connectivity index (χ0n) is 22.6. The molecule has 0 unspecified atom stereocenters. The highest BCUT2D eigenvalue weighted by Gasteiger charge is 2.41. The SMILES string of the molecule is C=C(COC1CCC(C(C)(C)C2CCC(OCC(=O)OC(C)(C)C)CC2)CC1)OC(C)(C)C. The maximum atomic E-state index is 11.9. The van der Waals surface area contributed by atoms with Crippen LogP contribution in [0.25, 0.3) is 0 Å². The van der Waals surface area contributed by atoms with Crippen molar-refractivity contribution >= 4 is 5.97 Å². The van der Waals surface area contributed by atoms with Crippen LogP contribution in [0, 0.1) is 17.3 Å². The first-order chi connectivity index (χ1) is 15.2. The number of carbonyl (C=O) groups is 1. The highest BCUT2D eigenvalue weighted by atomic mass is 16.6. The van der Waals surface area contributed by atoms with Gasteiger partial charge < -0.3 is 18.9 Å². The third-order valence-electron chi connectivity index (χ3n) is 7.24. The Morgan fingerprint density at radius 3 is 1.45 bits per heavy atom. The Kier molecular flexibility index (Phi) is 9.88. The topological polar surface area (TPSA) is 54.0 Å². The molecule has 192 valence electrons. The van der Waals surface area contributed by atoms with E-state index in [-0.39, 0.29) is 24.3 Å². The highest BCUT2D eigenvalue weighted by Crippen LogP contribution is 2.48. The van der Waals surface area contributed by atoms with Crippen LogP contribution in [0.5, 0.6) is 0 Å². The van der Waals surface area contributed by atoms with Gasteiger partial charge in [0.1, 0.15) is 30.2 Å². The minimum Gasteiger partial charge on any atom is -0.491 e. The first-order valence-electron chi connectivity index (χ1n) is 13.0. The van der Waals surface area contributed by atoms with Crippen molar-refractivity contribution in [2.75, 3.05) is 13.2 Å². The molecule has 0 aromatic rings. The summed E-state index contributed by atoms with van der Waals surface area (Å²) in [6, 6.07) is 0. The van der Waals surface area contributed by atoms with Crippen LogP contribution in [0.2, 0.25) is 0 Å². The molecule has 0 aliphatic heterocycles. The molecule has 2 rings (SSSR count). The van der Waals surface area contributed by atoms with Gasteiger partial charge in [-0.1, -0.05) is 20.4 Å². The summed E-state index contributed by atoms with van der Waals surface area (Å²) in [6.45, 7) is 21.2. The predicted octanol–water partition coefficient (Wildman–Crippen LogP) is 6.83. The number of hydrogen-bond donors (Lipinski definition) is 0. The maximum Gasteiger partial charge on any atom is 0.332 e. The quantitative estimate of drug-likeness (QED) is 0.275. The fourth-order valence-electron chi connectivity index (χ4n) is 5.51. The van der Waals surface area contributed by atoms with Crippen molar-refractivity contribution in [1.82, 2.24) is 0 Å². The zero-order chi connectivity index (χ0) is 24.9. The molecular formula is C28H50O5. The van der Waals surface area contributed by atoms with E-state index in [4.69, 9.17) is 18.9 Å². The summed E-state index contributed by atoms with van der Waals surface area (Å²) in [6.07, 6.45) is 9.58. The van der Waals surface area contributed by atoms with Gasteiger partial charge in [0.15, 0.2) is 0 Å². The molecule has 5 heteroatoms. The maximum absolute atomic E-state index is 11.9. The summed E-state index contributed by atoms with van der Waals surface area (Å²) in [5.41, 5.74) is -0.359. The summed E-state index contributed by atoms with van der Waals surface area (Å²) in [5, 5.41) is 0. The molecule has 0 aromatic carbocycles. The van der Waals surface area contributed by atoms with E-state index in [2.05, 4.69) is 20.4 Å². The molecule has 0 heterocycles. The number of esters is 1. The fourth-order valence-corrected chi connectivity index (χ4v) is 5.51. The summed E-state index contributed by atoms with van der Waals surface area (Å²) in [5.74, 6) is 1.89. The van der Waals surface area contributed by atoms with Gasteiger partial charge in [0.05, 0.1) is 12.2 Å². The summed E-state index contributed by atoms with van der Waals surface area (Å²) >= 11 is 0. The first kappa shape index (κ1) is 28.2. The van der Waals surface area contributed by atoms with E-state index in [9.17, 15) is 4.79 Å². The van der Waals surface area contributed by atoms with Gasteiger partial charge in [-0.05, 0) is 110 Å². The third-order valence-corrected chi connectivity index (χ3v) is 7.24. The minimum atomic E-state index is -0.458. The lowest BCUT2D eigenvalue weighted by molar-refractivity contribution is -0.163. The lowest BCUT2D eigenvalue weighted by atomic mass is 9.60. The van der Waals surface area contributed by atoms with Crippen LogP contribution in [0.1, 0.15) is 107 Å². The van der Waals surface area contributed by atoms with Crippen LogP contribution in [0.15, 0.2) is 12.3 Å². The van der Waals surface area contributed by atoms with Crippen molar-refractivity contribution < 1.29 is 23.7 Å². The van der Waals surface area contributed by atoms with E-state index in [1.54, 1.807) is 0 Å². The number of carbonyl (C=O) groups excluding carboxylic acids is 1. The molecule has 2 saturated carbocycles. The molecule has 0 amide bonds. The van der Waals surface area contributed by atoms with Gasteiger partial charge in [0.2, 0.25) is 0 Å². The average molecular weight is 467 g/mol. The van der Waals surface area contributed by atoms with Crippen molar-refractivity contribution in [2.45, 2.75) is 130 Å². The normalized spacial score (nSPS) is 27.2. The van der Waals surface area contributed by atoms with Gasteiger partial charge in [-0.3, -0.25) is 0 Å². The van der Waals surface area contributed by atoms with Gasteiger partial charge in [0.25, 0.3) is 0 Å². The molecular weight excluding hydrogens is 416 g/mol. The van der Waals surface area contributed by atoms with Crippen LogP contribution in [0.3, 0.4) is 0 Å². The van der Waals surface area contributed by atoms with E-state index in [0.29, 0.717) is 24.0 Å². The van der Waals surface area contributed by atoms with Crippen molar-refractivity contribution in [3.63, 3.8) is 0 Å². The van der Waals surface area contributed by atoms with Crippen LogP contribution in [-0.2, 0) is 23.7 Å². The molecule has 2 aliphatic carbocycles. The third kappa shape index (κ3) is 9.98. The lowest BCUT2D eigenvalue weighted by Crippen LogP contribution is -2.39. The van der Waals surface area contributed by atoms with Crippen LogP contribution in [0.4, 0.5) is 0 Å². The zero-order valence-corrected chi connectivity index (χ0v) is 22.6. The molecule has 5 nitrogen and oxygen atoms in total. The molecule has 2 fully saturated rings. The van der Waals surface area contributed by atoms with E-state index in [0.717, 1.165) is 37.4 Å². The Labute approximate surface area is 203 Å². The van der Waals surface area contributed by atoms with Crippen molar-refractivity contribution in [2.24, 2.45) is 17.3 Å². The van der Waals surface area contributed by atoms with E-state index in [1.165, 1.54) is 25.7 Å². The van der Waals surface area contributed by atoms with Gasteiger partial charge in [-0.2, -0.15) is 0 Å². The molecule has 0 atom stereocenters.